The van der Waals surface area contributed by atoms with Crippen molar-refractivity contribution in [2.45, 2.75) is 13.1 Å². The zero-order valence-electron chi connectivity index (χ0n) is 15.8. The number of nitrogens with one attached hydrogen (secondary N) is 1. The van der Waals surface area contributed by atoms with Gasteiger partial charge in [0.15, 0.2) is 0 Å². The second kappa shape index (κ2) is 8.65. The third-order valence-electron chi connectivity index (χ3n) is 4.90. The highest BCUT2D eigenvalue weighted by Gasteiger charge is 2.12. The zero-order chi connectivity index (χ0) is 20.2. The summed E-state index contributed by atoms with van der Waals surface area (Å²) in [5.74, 6) is 1.48. The number of carbonyl (C=O) groups is 1. The Hall–Kier alpha value is -2.87. The predicted octanol–water partition coefficient (Wildman–Crippen LogP) is 2.41. The number of thioether (sulfide) groups is 1. The predicted molar refractivity (Wildman–Crippen MR) is 114 cm³/mol. The zero-order valence-corrected chi connectivity index (χ0v) is 16.6. The summed E-state index contributed by atoms with van der Waals surface area (Å²) < 4.78 is 14.6. The van der Waals surface area contributed by atoms with Crippen LogP contribution in [0.15, 0.2) is 53.6 Å². The summed E-state index contributed by atoms with van der Waals surface area (Å²) in [6.45, 7) is 2.32. The Bertz CT molecular complexity index is 1080. The molecular weight excluding hydrogens is 391 g/mol. The third kappa shape index (κ3) is 4.59. The quantitative estimate of drug-likeness (QED) is 0.697. The number of halogens is 1. The first-order valence-electron chi connectivity index (χ1n) is 9.43. The molecule has 1 aliphatic rings. The molecule has 3 aromatic rings. The number of aromatic nitrogens is 2. The van der Waals surface area contributed by atoms with Crippen LogP contribution in [0, 0.1) is 5.82 Å². The van der Waals surface area contributed by atoms with Gasteiger partial charge in [-0.1, -0.05) is 12.1 Å². The average Bonchev–Trinajstić information content (AvgIpc) is 2.76. The van der Waals surface area contributed by atoms with E-state index in [1.807, 2.05) is 23.9 Å². The second-order valence-corrected chi connectivity index (χ2v) is 8.11. The van der Waals surface area contributed by atoms with E-state index in [0.717, 1.165) is 36.2 Å². The van der Waals surface area contributed by atoms with Crippen LogP contribution in [0.25, 0.3) is 10.9 Å². The molecule has 4 rings (SSSR count). The fourth-order valence-electron chi connectivity index (χ4n) is 3.30. The van der Waals surface area contributed by atoms with Crippen LogP contribution in [-0.4, -0.2) is 40.1 Å². The van der Waals surface area contributed by atoms with E-state index in [1.165, 1.54) is 28.7 Å². The highest BCUT2D eigenvalue weighted by molar-refractivity contribution is 7.99. The standard InChI is InChI=1S/C21H21FN4O2S/c22-16-3-6-19-18(11-16)21(28)26(14-24-19)13-20(27)23-12-15-1-4-17(5-2-15)25-7-9-29-10-8-25/h1-6,11,14H,7-10,12-13H2,(H,23,27). The molecule has 1 amide bonds. The van der Waals surface area contributed by atoms with Gasteiger partial charge >= 0.3 is 0 Å². The molecule has 0 unspecified atom stereocenters. The number of nitrogens with zero attached hydrogens (tertiary/aromatic N) is 3. The lowest BCUT2D eigenvalue weighted by atomic mass is 10.2. The number of anilines is 1. The molecule has 0 spiro atoms. The maximum Gasteiger partial charge on any atom is 0.261 e. The van der Waals surface area contributed by atoms with Crippen LogP contribution in [0.5, 0.6) is 0 Å². The number of rotatable bonds is 5. The van der Waals surface area contributed by atoms with Crippen molar-refractivity contribution >= 4 is 34.3 Å². The molecular formula is C21H21FN4O2S. The number of benzene rings is 2. The maximum absolute atomic E-state index is 13.4. The Morgan fingerprint density at radius 2 is 1.90 bits per heavy atom. The minimum Gasteiger partial charge on any atom is -0.370 e. The average molecular weight is 412 g/mol. The van der Waals surface area contributed by atoms with Gasteiger partial charge < -0.3 is 10.2 Å². The van der Waals surface area contributed by atoms with Gasteiger partial charge in [-0.05, 0) is 35.9 Å². The van der Waals surface area contributed by atoms with E-state index < -0.39 is 11.4 Å². The molecule has 150 valence electrons. The van der Waals surface area contributed by atoms with Gasteiger partial charge in [-0.3, -0.25) is 14.2 Å². The molecule has 0 aliphatic carbocycles. The van der Waals surface area contributed by atoms with Crippen LogP contribution in [0.2, 0.25) is 0 Å². The van der Waals surface area contributed by atoms with E-state index >= 15 is 0 Å². The van der Waals surface area contributed by atoms with Crippen molar-refractivity contribution in [3.63, 3.8) is 0 Å². The molecule has 1 aromatic heterocycles. The smallest absolute Gasteiger partial charge is 0.261 e. The highest BCUT2D eigenvalue weighted by Crippen LogP contribution is 2.19. The van der Waals surface area contributed by atoms with Gasteiger partial charge in [-0.15, -0.1) is 0 Å². The Labute approximate surface area is 171 Å². The van der Waals surface area contributed by atoms with Gasteiger partial charge in [-0.2, -0.15) is 11.8 Å². The van der Waals surface area contributed by atoms with Crippen molar-refractivity contribution in [3.05, 3.63) is 70.5 Å². The molecule has 1 aliphatic heterocycles. The fraction of sp³-hybridized carbons (Fsp3) is 0.286. The normalized spacial score (nSPS) is 14.2. The molecule has 8 heteroatoms. The Kier molecular flexibility index (Phi) is 5.80. The van der Waals surface area contributed by atoms with Crippen LogP contribution in [0.4, 0.5) is 10.1 Å². The van der Waals surface area contributed by atoms with Crippen LogP contribution >= 0.6 is 11.8 Å². The van der Waals surface area contributed by atoms with Crippen LogP contribution in [0.3, 0.4) is 0 Å². The molecule has 1 saturated heterocycles. The third-order valence-corrected chi connectivity index (χ3v) is 5.84. The second-order valence-electron chi connectivity index (χ2n) is 6.88. The molecule has 0 bridgehead atoms. The minimum atomic E-state index is -0.509. The summed E-state index contributed by atoms with van der Waals surface area (Å²) in [7, 11) is 0. The Morgan fingerprint density at radius 3 is 2.66 bits per heavy atom. The molecule has 6 nitrogen and oxygen atoms in total. The topological polar surface area (TPSA) is 67.2 Å². The van der Waals surface area contributed by atoms with E-state index in [1.54, 1.807) is 0 Å². The van der Waals surface area contributed by atoms with Crippen molar-refractivity contribution in [1.29, 1.82) is 0 Å². The Balaban J connectivity index is 1.37. The van der Waals surface area contributed by atoms with Crippen LogP contribution in [0.1, 0.15) is 5.56 Å². The van der Waals surface area contributed by atoms with E-state index in [2.05, 4.69) is 27.3 Å². The molecule has 0 radical (unpaired) electrons. The summed E-state index contributed by atoms with van der Waals surface area (Å²) in [4.78, 5) is 31.2. The largest absolute Gasteiger partial charge is 0.370 e. The number of fused-ring (bicyclic) bond motifs is 1. The SMILES string of the molecule is O=C(Cn1cnc2ccc(F)cc2c1=O)NCc1ccc(N2CCSCC2)cc1. The first-order chi connectivity index (χ1) is 14.1. The summed E-state index contributed by atoms with van der Waals surface area (Å²) in [6.07, 6.45) is 1.31. The fourth-order valence-corrected chi connectivity index (χ4v) is 4.20. The highest BCUT2D eigenvalue weighted by atomic mass is 32.2. The first kappa shape index (κ1) is 19.4. The maximum atomic E-state index is 13.4. The lowest BCUT2D eigenvalue weighted by molar-refractivity contribution is -0.121. The Morgan fingerprint density at radius 1 is 1.14 bits per heavy atom. The lowest BCUT2D eigenvalue weighted by Crippen LogP contribution is -2.32. The van der Waals surface area contributed by atoms with Crippen LogP contribution < -0.4 is 15.8 Å². The van der Waals surface area contributed by atoms with E-state index in [0.29, 0.717) is 12.1 Å². The molecule has 1 N–H and O–H groups in total. The van der Waals surface area contributed by atoms with Gasteiger partial charge in [-0.25, -0.2) is 9.37 Å². The van der Waals surface area contributed by atoms with Crippen LogP contribution in [-0.2, 0) is 17.9 Å². The lowest BCUT2D eigenvalue weighted by Gasteiger charge is -2.28. The van der Waals surface area contributed by atoms with Gasteiger partial charge in [0.1, 0.15) is 12.4 Å². The van der Waals surface area contributed by atoms with Crippen molar-refractivity contribution in [1.82, 2.24) is 14.9 Å². The van der Waals surface area contributed by atoms with E-state index in [4.69, 9.17) is 0 Å². The molecule has 0 saturated carbocycles. The summed E-state index contributed by atoms with van der Waals surface area (Å²) >= 11 is 1.97. The summed E-state index contributed by atoms with van der Waals surface area (Å²) in [6, 6.07) is 12.0. The number of carbonyl (C=O) groups excluding carboxylic acids is 1. The summed E-state index contributed by atoms with van der Waals surface area (Å²) in [5.41, 5.74) is 2.15. The van der Waals surface area contributed by atoms with Gasteiger partial charge in [0, 0.05) is 36.8 Å². The molecule has 2 aromatic carbocycles. The van der Waals surface area contributed by atoms with Crippen molar-refractivity contribution < 1.29 is 9.18 Å². The van der Waals surface area contributed by atoms with Gasteiger partial charge in [0.2, 0.25) is 5.91 Å². The first-order valence-corrected chi connectivity index (χ1v) is 10.6. The number of amides is 1. The van der Waals surface area contributed by atoms with Crippen molar-refractivity contribution in [3.8, 4) is 0 Å². The van der Waals surface area contributed by atoms with Gasteiger partial charge in [0.25, 0.3) is 5.56 Å². The minimum absolute atomic E-state index is 0.159. The van der Waals surface area contributed by atoms with E-state index in [9.17, 15) is 14.0 Å². The number of hydrogen-bond acceptors (Lipinski definition) is 5. The monoisotopic (exact) mass is 412 g/mol. The van der Waals surface area contributed by atoms with Crippen molar-refractivity contribution in [2.24, 2.45) is 0 Å². The van der Waals surface area contributed by atoms with Crippen molar-refractivity contribution in [2.75, 3.05) is 29.5 Å². The van der Waals surface area contributed by atoms with Gasteiger partial charge in [0.05, 0.1) is 17.2 Å². The molecule has 29 heavy (non-hydrogen) atoms. The summed E-state index contributed by atoms with van der Waals surface area (Å²) in [5, 5.41) is 2.97. The van der Waals surface area contributed by atoms with E-state index in [-0.39, 0.29) is 17.8 Å². The number of hydrogen-bond donors (Lipinski definition) is 1. The molecule has 2 heterocycles. The molecule has 1 fully saturated rings. The molecule has 0 atom stereocenters.